The second-order valence-corrected chi connectivity index (χ2v) is 13.0. The Morgan fingerprint density at radius 1 is 0.464 bits per heavy atom. The van der Waals surface area contributed by atoms with E-state index in [4.69, 9.17) is 14.2 Å². The van der Waals surface area contributed by atoms with Gasteiger partial charge in [0.05, 0.1) is 0 Å². The molecule has 3 rings (SSSR count). The first-order valence-corrected chi connectivity index (χ1v) is 13.1. The van der Waals surface area contributed by atoms with Crippen LogP contribution in [0.15, 0.2) is 72.8 Å². The van der Waals surface area contributed by atoms with Crippen LogP contribution in [0.5, 0.6) is 0 Å². The number of benzene rings is 3. The van der Waals surface area contributed by atoms with E-state index in [1.54, 1.807) is 21.3 Å². The van der Waals surface area contributed by atoms with Crippen LogP contribution in [-0.4, -0.2) is 41.5 Å². The first kappa shape index (κ1) is 21.1. The van der Waals surface area contributed by atoms with Gasteiger partial charge in [-0.15, -0.1) is 0 Å². The molecular weight excluding hydrogens is 458 g/mol. The Labute approximate surface area is 175 Å². The van der Waals surface area contributed by atoms with Crippen molar-refractivity contribution in [1.29, 1.82) is 0 Å². The van der Waals surface area contributed by atoms with Gasteiger partial charge in [0.2, 0.25) is 0 Å². The quantitative estimate of drug-likeness (QED) is 0.437. The van der Waals surface area contributed by atoms with Gasteiger partial charge in [0.25, 0.3) is 0 Å². The average Bonchev–Trinajstić information content (AvgIpc) is 2.73. The summed E-state index contributed by atoms with van der Waals surface area (Å²) in [6.45, 7) is 1.94. The third-order valence-electron chi connectivity index (χ3n) is 4.52. The summed E-state index contributed by atoms with van der Waals surface area (Å²) in [7, 11) is 5.20. The molecule has 0 amide bonds. The van der Waals surface area contributed by atoms with Crippen molar-refractivity contribution in [2.24, 2.45) is 0 Å². The van der Waals surface area contributed by atoms with Gasteiger partial charge in [0.1, 0.15) is 0 Å². The van der Waals surface area contributed by atoms with Gasteiger partial charge in [-0.25, -0.2) is 0 Å². The molecule has 0 aliphatic carbocycles. The summed E-state index contributed by atoms with van der Waals surface area (Å²) in [5.74, 6) is 0. The van der Waals surface area contributed by atoms with E-state index >= 15 is 0 Å². The fourth-order valence-electron chi connectivity index (χ4n) is 3.17. The maximum atomic E-state index is 5.26. The second kappa shape index (κ2) is 10.8. The Morgan fingerprint density at radius 3 is 0.929 bits per heavy atom. The Hall–Kier alpha value is -1.64. The zero-order valence-electron chi connectivity index (χ0n) is 16.7. The van der Waals surface area contributed by atoms with E-state index in [0.717, 1.165) is 0 Å². The van der Waals surface area contributed by atoms with Crippen molar-refractivity contribution in [2.45, 2.75) is 19.8 Å². The van der Waals surface area contributed by atoms with E-state index in [9.17, 15) is 0 Å². The van der Waals surface area contributed by atoms with Crippen molar-refractivity contribution in [3.63, 3.8) is 0 Å². The van der Waals surface area contributed by atoms with Crippen LogP contribution in [0.1, 0.15) is 16.7 Å². The molecule has 4 heteroatoms. The van der Waals surface area contributed by atoms with Gasteiger partial charge in [-0.05, 0) is 0 Å². The Balaban J connectivity index is 1.97. The molecule has 3 aromatic carbocycles. The molecule has 28 heavy (non-hydrogen) atoms. The van der Waals surface area contributed by atoms with Crippen LogP contribution in [0, 0.1) is 0 Å². The van der Waals surface area contributed by atoms with Gasteiger partial charge in [-0.1, -0.05) is 0 Å². The fourth-order valence-corrected chi connectivity index (χ4v) is 9.55. The van der Waals surface area contributed by atoms with Crippen LogP contribution in [0.25, 0.3) is 0 Å². The molecule has 3 nitrogen and oxygen atoms in total. The second-order valence-electron chi connectivity index (χ2n) is 6.63. The molecular formula is C24H27O3Sb. The Morgan fingerprint density at radius 2 is 0.714 bits per heavy atom. The van der Waals surface area contributed by atoms with E-state index in [-0.39, 0.29) is 0 Å². The predicted octanol–water partition coefficient (Wildman–Crippen LogP) is 2.64. The summed E-state index contributed by atoms with van der Waals surface area (Å²) in [6.07, 6.45) is 0. The van der Waals surface area contributed by atoms with Gasteiger partial charge in [0.15, 0.2) is 0 Å². The molecule has 146 valence electrons. The van der Waals surface area contributed by atoms with Gasteiger partial charge >= 0.3 is 176 Å². The SMILES string of the molecule is COCc1cc[c]([Sb]([c]2ccc(COC)cc2)[c]2ccc(COC)cc2)cc1. The summed E-state index contributed by atoms with van der Waals surface area (Å²) >= 11 is -2.10. The van der Waals surface area contributed by atoms with E-state index in [2.05, 4.69) is 72.8 Å². The molecule has 0 aliphatic heterocycles. The van der Waals surface area contributed by atoms with Crippen molar-refractivity contribution < 1.29 is 14.2 Å². The standard InChI is InChI=1S/3C8H9O.Sb/c3*1-9-7-8-5-3-2-4-6-8;/h3*3-6H,7H2,1H3;. The van der Waals surface area contributed by atoms with Crippen molar-refractivity contribution in [3.8, 4) is 0 Å². The molecule has 0 fully saturated rings. The summed E-state index contributed by atoms with van der Waals surface area (Å²) in [6, 6.07) is 26.8. The number of hydrogen-bond acceptors (Lipinski definition) is 3. The van der Waals surface area contributed by atoms with Crippen LogP contribution in [0.3, 0.4) is 0 Å². The van der Waals surface area contributed by atoms with Crippen molar-refractivity contribution in [3.05, 3.63) is 89.5 Å². The number of hydrogen-bond donors (Lipinski definition) is 0. The van der Waals surface area contributed by atoms with E-state index < -0.39 is 20.2 Å². The van der Waals surface area contributed by atoms with Crippen molar-refractivity contribution in [1.82, 2.24) is 0 Å². The van der Waals surface area contributed by atoms with Gasteiger partial charge < -0.3 is 0 Å². The molecule has 0 aromatic heterocycles. The number of rotatable bonds is 9. The minimum absolute atomic E-state index is 0.648. The molecule has 0 unspecified atom stereocenters. The maximum absolute atomic E-state index is 5.26. The molecule has 0 saturated carbocycles. The van der Waals surface area contributed by atoms with E-state index in [1.807, 2.05) is 0 Å². The first-order chi connectivity index (χ1) is 13.7. The Bertz CT molecular complexity index is 725. The topological polar surface area (TPSA) is 27.7 Å². The summed E-state index contributed by atoms with van der Waals surface area (Å²) in [5.41, 5.74) is 3.62. The van der Waals surface area contributed by atoms with Crippen LogP contribution < -0.4 is 10.5 Å². The monoisotopic (exact) mass is 484 g/mol. The zero-order valence-corrected chi connectivity index (χ0v) is 19.3. The van der Waals surface area contributed by atoms with Crippen molar-refractivity contribution >= 4 is 30.7 Å². The van der Waals surface area contributed by atoms with Gasteiger partial charge in [-0.3, -0.25) is 0 Å². The Kier molecular flexibility index (Phi) is 8.11. The van der Waals surface area contributed by atoms with Gasteiger partial charge in [-0.2, -0.15) is 0 Å². The van der Waals surface area contributed by atoms with Crippen LogP contribution in [-0.2, 0) is 34.0 Å². The van der Waals surface area contributed by atoms with Crippen molar-refractivity contribution in [2.75, 3.05) is 21.3 Å². The normalized spacial score (nSPS) is 11.1. The van der Waals surface area contributed by atoms with E-state index in [1.165, 1.54) is 27.2 Å². The van der Waals surface area contributed by atoms with E-state index in [0.29, 0.717) is 19.8 Å². The predicted molar refractivity (Wildman–Crippen MR) is 116 cm³/mol. The molecule has 0 N–H and O–H groups in total. The molecule has 0 aliphatic rings. The molecule has 0 bridgehead atoms. The van der Waals surface area contributed by atoms with Gasteiger partial charge in [0, 0.05) is 0 Å². The average molecular weight is 485 g/mol. The van der Waals surface area contributed by atoms with Crippen LogP contribution in [0.2, 0.25) is 0 Å². The zero-order chi connectivity index (χ0) is 19.8. The number of ether oxygens (including phenoxy) is 3. The molecule has 0 heterocycles. The molecule has 3 aromatic rings. The minimum atomic E-state index is -2.10. The fraction of sp³-hybridized carbons (Fsp3) is 0.250. The summed E-state index contributed by atoms with van der Waals surface area (Å²) in [5, 5.41) is 0. The summed E-state index contributed by atoms with van der Waals surface area (Å²) in [4.78, 5) is 0. The summed E-state index contributed by atoms with van der Waals surface area (Å²) < 4.78 is 20.1. The third-order valence-corrected chi connectivity index (χ3v) is 11.5. The molecule has 0 saturated heterocycles. The molecule has 0 spiro atoms. The third kappa shape index (κ3) is 5.46. The van der Waals surface area contributed by atoms with Crippen LogP contribution in [0.4, 0.5) is 0 Å². The molecule has 0 atom stereocenters. The first-order valence-electron chi connectivity index (χ1n) is 9.29. The molecule has 0 radical (unpaired) electrons. The number of methoxy groups -OCH3 is 3. The van der Waals surface area contributed by atoms with Crippen LogP contribution >= 0.6 is 0 Å².